The van der Waals surface area contributed by atoms with Crippen LogP contribution in [0.5, 0.6) is 5.75 Å². The summed E-state index contributed by atoms with van der Waals surface area (Å²) in [5, 5.41) is 13.8. The van der Waals surface area contributed by atoms with Crippen LogP contribution >= 0.6 is 11.6 Å². The summed E-state index contributed by atoms with van der Waals surface area (Å²) in [4.78, 5) is 0. The van der Waals surface area contributed by atoms with Crippen LogP contribution in [0.3, 0.4) is 0 Å². The van der Waals surface area contributed by atoms with Crippen molar-refractivity contribution in [3.05, 3.63) is 28.8 Å². The zero-order chi connectivity index (χ0) is 13.0. The van der Waals surface area contributed by atoms with Crippen LogP contribution in [0.15, 0.2) is 18.2 Å². The van der Waals surface area contributed by atoms with E-state index in [1.807, 2.05) is 18.2 Å². The van der Waals surface area contributed by atoms with E-state index in [1.165, 1.54) is 0 Å². The summed E-state index contributed by atoms with van der Waals surface area (Å²) in [6.45, 7) is 0.681. The summed E-state index contributed by atoms with van der Waals surface area (Å²) in [5.41, 5.74) is 0.988. The van der Waals surface area contributed by atoms with Crippen molar-refractivity contribution >= 4 is 11.6 Å². The Morgan fingerprint density at radius 3 is 3.00 bits per heavy atom. The molecule has 0 heterocycles. The molecule has 0 bridgehead atoms. The largest absolute Gasteiger partial charge is 0.496 e. The Kier molecular flexibility index (Phi) is 4.87. The summed E-state index contributed by atoms with van der Waals surface area (Å²) in [7, 11) is 1.65. The smallest absolute Gasteiger partial charge is 0.124 e. The molecule has 0 aliphatic heterocycles. The third kappa shape index (κ3) is 3.37. The number of rotatable bonds is 4. The molecule has 2 rings (SSSR count). The maximum atomic E-state index is 9.64. The van der Waals surface area contributed by atoms with E-state index in [0.29, 0.717) is 12.6 Å². The molecule has 1 aliphatic carbocycles. The first-order chi connectivity index (χ1) is 8.70. The van der Waals surface area contributed by atoms with Crippen molar-refractivity contribution < 1.29 is 9.84 Å². The van der Waals surface area contributed by atoms with Gasteiger partial charge in [-0.1, -0.05) is 17.7 Å². The lowest BCUT2D eigenvalue weighted by Crippen LogP contribution is -2.35. The first-order valence-electron chi connectivity index (χ1n) is 6.43. The van der Waals surface area contributed by atoms with Crippen LogP contribution in [0.2, 0.25) is 5.02 Å². The zero-order valence-corrected chi connectivity index (χ0v) is 11.4. The van der Waals surface area contributed by atoms with Gasteiger partial charge in [0.15, 0.2) is 0 Å². The van der Waals surface area contributed by atoms with Gasteiger partial charge in [0.05, 0.1) is 13.2 Å². The van der Waals surface area contributed by atoms with E-state index in [9.17, 15) is 5.11 Å². The number of aliphatic hydroxyl groups excluding tert-OH is 1. The highest BCUT2D eigenvalue weighted by molar-refractivity contribution is 6.31. The van der Waals surface area contributed by atoms with Gasteiger partial charge in [-0.05, 0) is 37.8 Å². The van der Waals surface area contributed by atoms with E-state index in [1.54, 1.807) is 7.11 Å². The highest BCUT2D eigenvalue weighted by atomic mass is 35.5. The molecule has 100 valence electrons. The fraction of sp³-hybridized carbons (Fsp3) is 0.571. The maximum Gasteiger partial charge on any atom is 0.124 e. The first kappa shape index (κ1) is 13.7. The molecule has 1 aromatic rings. The molecule has 1 fully saturated rings. The van der Waals surface area contributed by atoms with Gasteiger partial charge >= 0.3 is 0 Å². The van der Waals surface area contributed by atoms with Gasteiger partial charge in [0, 0.05) is 23.2 Å². The van der Waals surface area contributed by atoms with Gasteiger partial charge in [-0.15, -0.1) is 0 Å². The summed E-state index contributed by atoms with van der Waals surface area (Å²) in [5.74, 6) is 0.811. The van der Waals surface area contributed by atoms with E-state index < -0.39 is 0 Å². The third-order valence-corrected chi connectivity index (χ3v) is 3.86. The number of hydrogen-bond acceptors (Lipinski definition) is 3. The third-order valence-electron chi connectivity index (χ3n) is 3.51. The van der Waals surface area contributed by atoms with Gasteiger partial charge in [-0.25, -0.2) is 0 Å². The Morgan fingerprint density at radius 2 is 2.28 bits per heavy atom. The highest BCUT2D eigenvalue weighted by Crippen LogP contribution is 2.27. The van der Waals surface area contributed by atoms with Crippen molar-refractivity contribution in [2.45, 2.75) is 44.4 Å². The maximum absolute atomic E-state index is 9.64. The number of nitrogens with one attached hydrogen (secondary N) is 1. The molecule has 3 nitrogen and oxygen atoms in total. The molecular formula is C14H20ClNO2. The van der Waals surface area contributed by atoms with Crippen molar-refractivity contribution in [3.8, 4) is 5.75 Å². The summed E-state index contributed by atoms with van der Waals surface area (Å²) in [6.07, 6.45) is 3.78. The van der Waals surface area contributed by atoms with Crippen molar-refractivity contribution in [1.82, 2.24) is 5.32 Å². The van der Waals surface area contributed by atoms with Crippen LogP contribution in [-0.2, 0) is 6.54 Å². The molecule has 18 heavy (non-hydrogen) atoms. The van der Waals surface area contributed by atoms with Crippen molar-refractivity contribution in [1.29, 1.82) is 0 Å². The average Bonchev–Trinajstić information content (AvgIpc) is 2.37. The monoisotopic (exact) mass is 269 g/mol. The van der Waals surface area contributed by atoms with Crippen LogP contribution < -0.4 is 10.1 Å². The summed E-state index contributed by atoms with van der Waals surface area (Å²) < 4.78 is 5.31. The lowest BCUT2D eigenvalue weighted by Gasteiger charge is -2.27. The van der Waals surface area contributed by atoms with Gasteiger partial charge in [-0.3, -0.25) is 0 Å². The molecule has 1 aromatic carbocycles. The summed E-state index contributed by atoms with van der Waals surface area (Å²) in [6, 6.07) is 6.04. The van der Waals surface area contributed by atoms with Crippen molar-refractivity contribution in [3.63, 3.8) is 0 Å². The highest BCUT2D eigenvalue weighted by Gasteiger charge is 2.20. The lowest BCUT2D eigenvalue weighted by molar-refractivity contribution is 0.111. The van der Waals surface area contributed by atoms with Gasteiger partial charge < -0.3 is 15.2 Å². The number of ether oxygens (including phenoxy) is 1. The Bertz CT molecular complexity index is 397. The van der Waals surface area contributed by atoms with Crippen molar-refractivity contribution in [2.75, 3.05) is 7.11 Å². The molecule has 2 unspecified atom stereocenters. The van der Waals surface area contributed by atoms with Crippen LogP contribution in [0.25, 0.3) is 0 Å². The minimum absolute atomic E-state index is 0.163. The summed E-state index contributed by atoms with van der Waals surface area (Å²) >= 11 is 6.19. The Hall–Kier alpha value is -0.770. The van der Waals surface area contributed by atoms with Crippen molar-refractivity contribution in [2.24, 2.45) is 0 Å². The van der Waals surface area contributed by atoms with E-state index in [-0.39, 0.29) is 6.10 Å². The van der Waals surface area contributed by atoms with Crippen LogP contribution in [0.1, 0.15) is 31.2 Å². The molecule has 0 amide bonds. The van der Waals surface area contributed by atoms with Crippen LogP contribution in [0, 0.1) is 0 Å². The predicted molar refractivity (Wildman–Crippen MR) is 73.1 cm³/mol. The van der Waals surface area contributed by atoms with Gasteiger partial charge in [-0.2, -0.15) is 0 Å². The molecular weight excluding hydrogens is 250 g/mol. The van der Waals surface area contributed by atoms with Crippen LogP contribution in [-0.4, -0.2) is 24.4 Å². The molecule has 1 saturated carbocycles. The van der Waals surface area contributed by atoms with Crippen LogP contribution in [0.4, 0.5) is 0 Å². The van der Waals surface area contributed by atoms with Gasteiger partial charge in [0.25, 0.3) is 0 Å². The standard InChI is InChI=1S/C14H20ClNO2/c1-18-14-7-3-6-13(15)12(14)9-16-10-4-2-5-11(17)8-10/h3,6-7,10-11,16-17H,2,4-5,8-9H2,1H3. The Morgan fingerprint density at radius 1 is 1.44 bits per heavy atom. The lowest BCUT2D eigenvalue weighted by atomic mass is 9.93. The SMILES string of the molecule is COc1cccc(Cl)c1CNC1CCCC(O)C1. The Labute approximate surface area is 113 Å². The number of halogens is 1. The van der Waals surface area contributed by atoms with E-state index in [0.717, 1.165) is 42.0 Å². The normalized spacial score (nSPS) is 23.9. The fourth-order valence-electron chi connectivity index (χ4n) is 2.50. The molecule has 2 N–H and O–H groups in total. The molecule has 4 heteroatoms. The second-order valence-electron chi connectivity index (χ2n) is 4.82. The quantitative estimate of drug-likeness (QED) is 0.883. The Balaban J connectivity index is 1.97. The van der Waals surface area contributed by atoms with Gasteiger partial charge in [0.1, 0.15) is 5.75 Å². The number of aliphatic hydroxyl groups is 1. The predicted octanol–water partition coefficient (Wildman–Crippen LogP) is 2.74. The van der Waals surface area contributed by atoms with E-state index in [4.69, 9.17) is 16.3 Å². The first-order valence-corrected chi connectivity index (χ1v) is 6.81. The number of benzene rings is 1. The molecule has 1 aliphatic rings. The van der Waals surface area contributed by atoms with E-state index in [2.05, 4.69) is 5.32 Å². The van der Waals surface area contributed by atoms with E-state index >= 15 is 0 Å². The second-order valence-corrected chi connectivity index (χ2v) is 5.23. The molecule has 0 aromatic heterocycles. The number of hydrogen-bond donors (Lipinski definition) is 2. The molecule has 2 atom stereocenters. The molecule has 0 saturated heterocycles. The molecule has 0 spiro atoms. The zero-order valence-electron chi connectivity index (χ0n) is 10.7. The minimum atomic E-state index is -0.163. The molecule has 0 radical (unpaired) electrons. The second kappa shape index (κ2) is 6.41. The average molecular weight is 270 g/mol. The van der Waals surface area contributed by atoms with Gasteiger partial charge in [0.2, 0.25) is 0 Å². The topological polar surface area (TPSA) is 41.5 Å². The minimum Gasteiger partial charge on any atom is -0.496 e. The fourth-order valence-corrected chi connectivity index (χ4v) is 2.73. The number of methoxy groups -OCH3 is 1.